The first-order valence-corrected chi connectivity index (χ1v) is 17.1. The Kier molecular flexibility index (Phi) is 8.15. The fourth-order valence-electron chi connectivity index (χ4n) is 4.98. The van der Waals surface area contributed by atoms with Crippen LogP contribution in [0.4, 0.5) is 0 Å². The lowest BCUT2D eigenvalue weighted by Crippen LogP contribution is -2.66. The number of carbonyl (C=O) groups is 2. The largest absolute Gasteiger partial charge is 0.475 e. The summed E-state index contributed by atoms with van der Waals surface area (Å²) in [5.74, 6) is -0.571. The van der Waals surface area contributed by atoms with Crippen LogP contribution < -0.4 is 4.74 Å². The molecular weight excluding hydrogens is 516 g/mol. The molecule has 0 bridgehead atoms. The molecule has 2 aliphatic carbocycles. The number of ketones is 2. The quantitative estimate of drug-likeness (QED) is 0.192. The van der Waals surface area contributed by atoms with Crippen molar-refractivity contribution in [2.24, 2.45) is 5.92 Å². The predicted octanol–water partition coefficient (Wildman–Crippen LogP) is 6.68. The van der Waals surface area contributed by atoms with Crippen LogP contribution in [0.2, 0.25) is 18.1 Å². The Labute approximate surface area is 231 Å². The number of thioether (sulfide) groups is 1. The number of hydrogen-bond acceptors (Lipinski definition) is 8. The molecule has 9 heteroatoms. The van der Waals surface area contributed by atoms with Gasteiger partial charge in [-0.1, -0.05) is 64.1 Å². The van der Waals surface area contributed by atoms with Gasteiger partial charge in [0.05, 0.1) is 12.6 Å². The number of carbonyl (C=O) groups excluding carboxylic acids is 2. The number of Topliss-reactive ketones (excluding diaryl/α,β-unsaturated/α-hetero) is 1. The van der Waals surface area contributed by atoms with Crippen LogP contribution in [0.25, 0.3) is 0 Å². The first-order valence-electron chi connectivity index (χ1n) is 13.3. The molecule has 1 heterocycles. The van der Waals surface area contributed by atoms with Gasteiger partial charge in [0.15, 0.2) is 25.5 Å². The van der Waals surface area contributed by atoms with Gasteiger partial charge in [-0.25, -0.2) is 0 Å². The minimum Gasteiger partial charge on any atom is -0.475 e. The zero-order valence-electron chi connectivity index (χ0n) is 23.8. The molecule has 0 saturated carbocycles. The van der Waals surface area contributed by atoms with E-state index in [-0.39, 0.29) is 22.3 Å². The molecule has 0 unspecified atom stereocenters. The summed E-state index contributed by atoms with van der Waals surface area (Å²) in [5.41, 5.74) is -1.42. The molecule has 38 heavy (non-hydrogen) atoms. The van der Waals surface area contributed by atoms with Crippen LogP contribution in [0.3, 0.4) is 0 Å². The van der Waals surface area contributed by atoms with E-state index in [0.717, 1.165) is 22.6 Å². The van der Waals surface area contributed by atoms with Gasteiger partial charge in [-0.2, -0.15) is 0 Å². The Morgan fingerprint density at radius 1 is 1.18 bits per heavy atom. The number of allylic oxidation sites excluding steroid dienone is 1. The van der Waals surface area contributed by atoms with Crippen molar-refractivity contribution in [2.75, 3.05) is 20.7 Å². The Bertz CT molecular complexity index is 1220. The second-order valence-electron chi connectivity index (χ2n) is 12.0. The second kappa shape index (κ2) is 10.8. The number of aromatic nitrogens is 1. The summed E-state index contributed by atoms with van der Waals surface area (Å²) in [4.78, 5) is 32.8. The molecule has 1 aromatic heterocycles. The Morgan fingerprint density at radius 3 is 2.47 bits per heavy atom. The minimum atomic E-state index is -2.59. The predicted molar refractivity (Wildman–Crippen MR) is 152 cm³/mol. The van der Waals surface area contributed by atoms with Gasteiger partial charge in [-0.15, -0.1) is 0 Å². The summed E-state index contributed by atoms with van der Waals surface area (Å²) in [6.07, 6.45) is 3.89. The molecule has 0 fully saturated rings. The van der Waals surface area contributed by atoms with E-state index in [9.17, 15) is 9.59 Å². The van der Waals surface area contributed by atoms with Gasteiger partial charge in [0.2, 0.25) is 5.78 Å². The fourth-order valence-corrected chi connectivity index (χ4v) is 7.46. The van der Waals surface area contributed by atoms with Crippen molar-refractivity contribution in [3.63, 3.8) is 0 Å². The number of unbranched alkanes of at least 4 members (excludes halogenated alkanes) is 1. The summed E-state index contributed by atoms with van der Waals surface area (Å²) >= 11 is 1.56. The molecule has 1 aromatic carbocycles. The molecular formula is C29H40N2O5SSi. The van der Waals surface area contributed by atoms with Crippen molar-refractivity contribution in [3.05, 3.63) is 52.6 Å². The molecule has 0 saturated heterocycles. The molecule has 0 radical (unpaired) electrons. The van der Waals surface area contributed by atoms with Gasteiger partial charge < -0.3 is 13.7 Å². The van der Waals surface area contributed by atoms with E-state index in [1.54, 1.807) is 17.8 Å². The second-order valence-corrected chi connectivity index (χ2v) is 17.9. The molecule has 0 amide bonds. The first kappa shape index (κ1) is 28.8. The van der Waals surface area contributed by atoms with Gasteiger partial charge in [0, 0.05) is 10.8 Å². The summed E-state index contributed by atoms with van der Waals surface area (Å²) in [7, 11) is 1.29. The SMILES string of the molecule is CCCCOc1noc2c1C(=O)[C@@]1(O[Si](C)(C)C(C)(C)C)C(=O)C=C(Sc3ccccc3)C[C@H]1[C@@H]2N(C)C. The van der Waals surface area contributed by atoms with Crippen molar-refractivity contribution in [1.82, 2.24) is 10.1 Å². The molecule has 0 aliphatic heterocycles. The van der Waals surface area contributed by atoms with E-state index in [0.29, 0.717) is 18.8 Å². The molecule has 3 atom stereocenters. The third-order valence-electron chi connectivity index (χ3n) is 8.01. The van der Waals surface area contributed by atoms with E-state index in [1.807, 2.05) is 49.3 Å². The van der Waals surface area contributed by atoms with Crippen LogP contribution in [0.15, 0.2) is 50.7 Å². The zero-order chi connectivity index (χ0) is 27.9. The molecule has 206 valence electrons. The van der Waals surface area contributed by atoms with Crippen LogP contribution in [-0.2, 0) is 9.22 Å². The third-order valence-corrected chi connectivity index (χ3v) is 13.5. The minimum absolute atomic E-state index is 0.156. The molecule has 2 aliphatic rings. The number of rotatable bonds is 9. The summed E-state index contributed by atoms with van der Waals surface area (Å²) in [6, 6.07) is 9.57. The van der Waals surface area contributed by atoms with E-state index >= 15 is 0 Å². The average Bonchev–Trinajstić information content (AvgIpc) is 3.24. The monoisotopic (exact) mass is 556 g/mol. The van der Waals surface area contributed by atoms with Crippen molar-refractivity contribution in [1.29, 1.82) is 0 Å². The highest BCUT2D eigenvalue weighted by Gasteiger charge is 2.65. The summed E-state index contributed by atoms with van der Waals surface area (Å²) in [6.45, 7) is 13.0. The lowest BCUT2D eigenvalue weighted by Gasteiger charge is -2.52. The van der Waals surface area contributed by atoms with E-state index < -0.39 is 31.7 Å². The van der Waals surface area contributed by atoms with Crippen molar-refractivity contribution < 1.29 is 23.3 Å². The summed E-state index contributed by atoms with van der Waals surface area (Å²) < 4.78 is 18.7. The lowest BCUT2D eigenvalue weighted by molar-refractivity contribution is -0.135. The Hall–Kier alpha value is -2.20. The normalized spacial score (nSPS) is 23.8. The fraction of sp³-hybridized carbons (Fsp3) is 0.552. The van der Waals surface area contributed by atoms with Crippen molar-refractivity contribution in [3.8, 4) is 5.88 Å². The highest BCUT2D eigenvalue weighted by Crippen LogP contribution is 2.56. The van der Waals surface area contributed by atoms with Crippen LogP contribution in [-0.4, -0.2) is 56.2 Å². The average molecular weight is 557 g/mol. The molecule has 0 N–H and O–H groups in total. The van der Waals surface area contributed by atoms with Gasteiger partial charge in [0.1, 0.15) is 5.56 Å². The standard InChI is InChI=1S/C29H40N2O5SSi/c1-9-10-16-34-27-23-25(35-30-27)24(31(5)6)21-17-20(37-19-14-12-11-13-15-19)18-22(32)29(21,26(23)33)36-38(7,8)28(2,3)4/h11-15,18,21,24H,9-10,16-17H2,1-8H3/t21-,24-,29-/m0/s1. The Morgan fingerprint density at radius 2 is 1.87 bits per heavy atom. The highest BCUT2D eigenvalue weighted by atomic mass is 32.2. The van der Waals surface area contributed by atoms with Gasteiger partial charge >= 0.3 is 0 Å². The lowest BCUT2D eigenvalue weighted by atomic mass is 9.65. The summed E-state index contributed by atoms with van der Waals surface area (Å²) in [5, 5.41) is 3.97. The third kappa shape index (κ3) is 5.06. The van der Waals surface area contributed by atoms with E-state index in [2.05, 4.69) is 45.9 Å². The molecule has 7 nitrogen and oxygen atoms in total. The topological polar surface area (TPSA) is 81.9 Å². The van der Waals surface area contributed by atoms with Gasteiger partial charge in [0.25, 0.3) is 5.88 Å². The van der Waals surface area contributed by atoms with Crippen molar-refractivity contribution >= 4 is 31.6 Å². The molecule has 0 spiro atoms. The highest BCUT2D eigenvalue weighted by molar-refractivity contribution is 8.03. The first-order chi connectivity index (χ1) is 17.8. The van der Waals surface area contributed by atoms with Gasteiger partial charge in [-0.05, 0) is 73.3 Å². The number of fused-ring (bicyclic) bond motifs is 2. The van der Waals surface area contributed by atoms with Crippen LogP contribution in [0.1, 0.15) is 69.1 Å². The van der Waals surface area contributed by atoms with E-state index in [4.69, 9.17) is 13.7 Å². The number of benzene rings is 1. The molecule has 2 aromatic rings. The van der Waals surface area contributed by atoms with Crippen molar-refractivity contribution in [2.45, 2.75) is 81.6 Å². The smallest absolute Gasteiger partial charge is 0.265 e. The number of hydrogen-bond donors (Lipinski definition) is 0. The maximum atomic E-state index is 14.6. The zero-order valence-corrected chi connectivity index (χ0v) is 25.6. The van der Waals surface area contributed by atoms with Gasteiger partial charge in [-0.3, -0.25) is 14.5 Å². The van der Waals surface area contributed by atoms with Crippen LogP contribution in [0, 0.1) is 5.92 Å². The number of ether oxygens (including phenoxy) is 1. The number of nitrogens with zero attached hydrogens (tertiary/aromatic N) is 2. The van der Waals surface area contributed by atoms with Crippen LogP contribution >= 0.6 is 11.8 Å². The Balaban J connectivity index is 1.88. The maximum absolute atomic E-state index is 14.6. The van der Waals surface area contributed by atoms with E-state index in [1.165, 1.54) is 0 Å². The van der Waals surface area contributed by atoms with Crippen LogP contribution in [0.5, 0.6) is 5.88 Å². The molecule has 4 rings (SSSR count). The maximum Gasteiger partial charge on any atom is 0.265 e.